The molecule has 0 atom stereocenters. The largest absolute Gasteiger partial charge is 0.497 e. The highest BCUT2D eigenvalue weighted by molar-refractivity contribution is 6.30. The van der Waals surface area contributed by atoms with E-state index in [1.54, 1.807) is 62.2 Å². The van der Waals surface area contributed by atoms with E-state index in [1.165, 1.54) is 11.1 Å². The van der Waals surface area contributed by atoms with Crippen LogP contribution in [0.25, 0.3) is 5.69 Å². The van der Waals surface area contributed by atoms with Gasteiger partial charge in [0.1, 0.15) is 5.75 Å². The molecule has 1 heterocycles. The van der Waals surface area contributed by atoms with Crippen molar-refractivity contribution in [3.8, 4) is 11.4 Å². The fourth-order valence-electron chi connectivity index (χ4n) is 2.86. The van der Waals surface area contributed by atoms with Crippen molar-refractivity contribution in [3.63, 3.8) is 0 Å². The van der Waals surface area contributed by atoms with Crippen molar-refractivity contribution in [1.82, 2.24) is 14.7 Å². The summed E-state index contributed by atoms with van der Waals surface area (Å²) in [6, 6.07) is 14.2. The van der Waals surface area contributed by atoms with Crippen molar-refractivity contribution in [2.24, 2.45) is 0 Å². The second-order valence-electron chi connectivity index (χ2n) is 6.47. The van der Waals surface area contributed by atoms with E-state index in [9.17, 15) is 9.59 Å². The molecule has 3 aromatic rings. The first-order valence-electron chi connectivity index (χ1n) is 8.89. The quantitative estimate of drug-likeness (QED) is 0.671. The van der Waals surface area contributed by atoms with Gasteiger partial charge < -0.3 is 15.0 Å². The Morgan fingerprint density at radius 3 is 2.59 bits per heavy atom. The summed E-state index contributed by atoms with van der Waals surface area (Å²) in [4.78, 5) is 26.4. The molecule has 150 valence electrons. The molecule has 0 bridgehead atoms. The van der Waals surface area contributed by atoms with Crippen LogP contribution < -0.4 is 10.1 Å². The van der Waals surface area contributed by atoms with Gasteiger partial charge in [-0.2, -0.15) is 5.10 Å². The zero-order chi connectivity index (χ0) is 21.0. The summed E-state index contributed by atoms with van der Waals surface area (Å²) >= 11 is 6.04. The van der Waals surface area contributed by atoms with E-state index >= 15 is 0 Å². The molecule has 2 amide bonds. The van der Waals surface area contributed by atoms with Crippen molar-refractivity contribution >= 4 is 29.1 Å². The van der Waals surface area contributed by atoms with Crippen molar-refractivity contribution in [3.05, 3.63) is 71.0 Å². The highest BCUT2D eigenvalue weighted by Crippen LogP contribution is 2.19. The van der Waals surface area contributed by atoms with Gasteiger partial charge in [-0.15, -0.1) is 0 Å². The fourth-order valence-corrected chi connectivity index (χ4v) is 3.04. The number of amides is 2. The summed E-state index contributed by atoms with van der Waals surface area (Å²) in [5.41, 5.74) is 2.47. The van der Waals surface area contributed by atoms with Gasteiger partial charge in [-0.25, -0.2) is 4.68 Å². The molecule has 0 aliphatic carbocycles. The summed E-state index contributed by atoms with van der Waals surface area (Å²) in [5.74, 6) is 0.106. The van der Waals surface area contributed by atoms with Gasteiger partial charge in [-0.05, 0) is 49.4 Å². The zero-order valence-corrected chi connectivity index (χ0v) is 17.1. The monoisotopic (exact) mass is 412 g/mol. The van der Waals surface area contributed by atoms with Crippen LogP contribution >= 0.6 is 11.6 Å². The molecule has 0 fully saturated rings. The first-order valence-corrected chi connectivity index (χ1v) is 9.26. The van der Waals surface area contributed by atoms with Crippen LogP contribution in [0.15, 0.2) is 54.7 Å². The number of nitrogens with zero attached hydrogens (tertiary/aromatic N) is 3. The first-order chi connectivity index (χ1) is 13.9. The van der Waals surface area contributed by atoms with Crippen LogP contribution in [0.4, 0.5) is 5.69 Å². The highest BCUT2D eigenvalue weighted by Gasteiger charge is 2.20. The van der Waals surface area contributed by atoms with Gasteiger partial charge in [0.25, 0.3) is 5.91 Å². The number of hydrogen-bond donors (Lipinski definition) is 1. The van der Waals surface area contributed by atoms with Crippen LogP contribution in [0.1, 0.15) is 16.1 Å². The second kappa shape index (κ2) is 8.79. The SMILES string of the molecule is COc1ccc(NC(=O)CN(C)C(=O)c2cnn(-c3cccc(Cl)c3)c2C)cc1. The predicted molar refractivity (Wildman–Crippen MR) is 112 cm³/mol. The molecule has 2 aromatic carbocycles. The minimum atomic E-state index is -0.300. The number of rotatable bonds is 6. The third kappa shape index (κ3) is 4.75. The minimum Gasteiger partial charge on any atom is -0.497 e. The number of carbonyl (C=O) groups excluding carboxylic acids is 2. The summed E-state index contributed by atoms with van der Waals surface area (Å²) in [6.45, 7) is 1.71. The molecule has 8 heteroatoms. The topological polar surface area (TPSA) is 76.5 Å². The van der Waals surface area contributed by atoms with Crippen LogP contribution in [0, 0.1) is 6.92 Å². The Kier molecular flexibility index (Phi) is 6.19. The van der Waals surface area contributed by atoms with Crippen LogP contribution in [-0.4, -0.2) is 47.2 Å². The van der Waals surface area contributed by atoms with E-state index in [0.29, 0.717) is 27.7 Å². The number of aromatic nitrogens is 2. The smallest absolute Gasteiger partial charge is 0.257 e. The number of methoxy groups -OCH3 is 1. The number of likely N-dealkylation sites (N-methyl/N-ethyl adjacent to an activating group) is 1. The maximum absolute atomic E-state index is 12.8. The number of nitrogens with one attached hydrogen (secondary N) is 1. The van der Waals surface area contributed by atoms with E-state index in [1.807, 2.05) is 12.1 Å². The lowest BCUT2D eigenvalue weighted by Gasteiger charge is -2.17. The Morgan fingerprint density at radius 2 is 1.93 bits per heavy atom. The number of benzene rings is 2. The molecule has 0 aliphatic heterocycles. The summed E-state index contributed by atoms with van der Waals surface area (Å²) in [6.07, 6.45) is 1.50. The van der Waals surface area contributed by atoms with E-state index in [2.05, 4.69) is 10.4 Å². The Bertz CT molecular complexity index is 1030. The summed E-state index contributed by atoms with van der Waals surface area (Å²) in [5, 5.41) is 7.63. The lowest BCUT2D eigenvalue weighted by molar-refractivity contribution is -0.116. The molecule has 1 N–H and O–H groups in total. The van der Waals surface area contributed by atoms with E-state index in [0.717, 1.165) is 5.69 Å². The lowest BCUT2D eigenvalue weighted by Crippen LogP contribution is -2.35. The molecule has 29 heavy (non-hydrogen) atoms. The fraction of sp³-hybridized carbons (Fsp3) is 0.190. The molecule has 0 saturated heterocycles. The van der Waals surface area contributed by atoms with Crippen LogP contribution in [-0.2, 0) is 4.79 Å². The molecule has 0 spiro atoms. The molecule has 7 nitrogen and oxygen atoms in total. The van der Waals surface area contributed by atoms with E-state index < -0.39 is 0 Å². The van der Waals surface area contributed by atoms with Gasteiger partial charge >= 0.3 is 0 Å². The molecule has 1 aromatic heterocycles. The maximum atomic E-state index is 12.8. The molecule has 0 unspecified atom stereocenters. The number of anilines is 1. The maximum Gasteiger partial charge on any atom is 0.257 e. The van der Waals surface area contributed by atoms with Gasteiger partial charge in [0, 0.05) is 17.8 Å². The Hall–Kier alpha value is -3.32. The standard InChI is InChI=1S/C21H21ClN4O3/c1-14-19(12-23-26(14)17-6-4-5-15(22)11-17)21(28)25(2)13-20(27)24-16-7-9-18(29-3)10-8-16/h4-12H,13H2,1-3H3,(H,24,27). The predicted octanol–water partition coefficient (Wildman–Crippen LogP) is 3.55. The molecular formula is C21H21ClN4O3. The van der Waals surface area contributed by atoms with Crippen LogP contribution in [0.5, 0.6) is 5.75 Å². The van der Waals surface area contributed by atoms with Crippen molar-refractivity contribution in [1.29, 1.82) is 0 Å². The average Bonchev–Trinajstić information content (AvgIpc) is 3.09. The van der Waals surface area contributed by atoms with Crippen LogP contribution in [0.2, 0.25) is 5.02 Å². The van der Waals surface area contributed by atoms with Gasteiger partial charge in [0.15, 0.2) is 0 Å². The van der Waals surface area contributed by atoms with Gasteiger partial charge in [0.05, 0.1) is 36.8 Å². The summed E-state index contributed by atoms with van der Waals surface area (Å²) in [7, 11) is 3.15. The number of hydrogen-bond acceptors (Lipinski definition) is 4. The second-order valence-corrected chi connectivity index (χ2v) is 6.91. The Morgan fingerprint density at radius 1 is 1.21 bits per heavy atom. The molecular weight excluding hydrogens is 392 g/mol. The van der Waals surface area contributed by atoms with Gasteiger partial charge in [-0.3, -0.25) is 9.59 Å². The normalized spacial score (nSPS) is 10.5. The van der Waals surface area contributed by atoms with Gasteiger partial charge in [-0.1, -0.05) is 17.7 Å². The number of ether oxygens (including phenoxy) is 1. The minimum absolute atomic E-state index is 0.0906. The number of carbonyl (C=O) groups is 2. The average molecular weight is 413 g/mol. The Balaban J connectivity index is 1.67. The van der Waals surface area contributed by atoms with Crippen molar-refractivity contribution in [2.45, 2.75) is 6.92 Å². The van der Waals surface area contributed by atoms with Crippen molar-refractivity contribution in [2.75, 3.05) is 26.0 Å². The first kappa shape index (κ1) is 20.4. The van der Waals surface area contributed by atoms with Crippen molar-refractivity contribution < 1.29 is 14.3 Å². The summed E-state index contributed by atoms with van der Waals surface area (Å²) < 4.78 is 6.73. The van der Waals surface area contributed by atoms with E-state index in [4.69, 9.17) is 16.3 Å². The van der Waals surface area contributed by atoms with E-state index in [-0.39, 0.29) is 18.4 Å². The molecule has 3 rings (SSSR count). The van der Waals surface area contributed by atoms with Crippen LogP contribution in [0.3, 0.4) is 0 Å². The Labute approximate surface area is 173 Å². The third-order valence-electron chi connectivity index (χ3n) is 4.39. The number of halogens is 1. The highest BCUT2D eigenvalue weighted by atomic mass is 35.5. The lowest BCUT2D eigenvalue weighted by atomic mass is 10.2. The molecule has 0 aliphatic rings. The zero-order valence-electron chi connectivity index (χ0n) is 16.3. The molecule has 0 saturated carbocycles. The molecule has 0 radical (unpaired) electrons. The third-order valence-corrected chi connectivity index (χ3v) is 4.63. The van der Waals surface area contributed by atoms with Gasteiger partial charge in [0.2, 0.25) is 5.91 Å².